The number of hydrogen-bond acceptors (Lipinski definition) is 3. The van der Waals surface area contributed by atoms with Gasteiger partial charge in [-0.15, -0.1) is 0 Å². The summed E-state index contributed by atoms with van der Waals surface area (Å²) in [6.45, 7) is 8.87. The summed E-state index contributed by atoms with van der Waals surface area (Å²) in [4.78, 5) is 7.29. The number of aryl methyl sites for hydroxylation is 3. The summed E-state index contributed by atoms with van der Waals surface area (Å²) >= 11 is 0. The molecule has 4 nitrogen and oxygen atoms in total. The number of benzene rings is 1. The number of nitrogens with zero attached hydrogens (tertiary/aromatic N) is 4. The SMILES string of the molecule is Cc1c[n+](C)c2c(c1C)N(C)B1N(C)c3ccc(C)c(C)c3N12. The Hall–Kier alpha value is -2.17. The van der Waals surface area contributed by atoms with Gasteiger partial charge < -0.3 is 9.62 Å². The normalized spacial score (nSPS) is 15.3. The van der Waals surface area contributed by atoms with Crippen LogP contribution in [0.2, 0.25) is 0 Å². The van der Waals surface area contributed by atoms with Crippen molar-refractivity contribution in [3.8, 4) is 0 Å². The Bertz CT molecular complexity index is 846. The summed E-state index contributed by atoms with van der Waals surface area (Å²) in [7, 11) is 6.78. The Morgan fingerprint density at radius 1 is 0.870 bits per heavy atom. The zero-order valence-electron chi connectivity index (χ0n) is 15.1. The highest BCUT2D eigenvalue weighted by molar-refractivity contribution is 6.77. The van der Waals surface area contributed by atoms with Gasteiger partial charge in [0, 0.05) is 0 Å². The van der Waals surface area contributed by atoms with E-state index in [9.17, 15) is 0 Å². The largest absolute Gasteiger partial charge is 0.634 e. The first-order chi connectivity index (χ1) is 10.8. The molecule has 118 valence electrons. The molecule has 2 aliphatic heterocycles. The van der Waals surface area contributed by atoms with Crippen molar-refractivity contribution in [2.75, 3.05) is 28.5 Å². The Balaban J connectivity index is 2.07. The van der Waals surface area contributed by atoms with Crippen molar-refractivity contribution in [1.29, 1.82) is 0 Å². The molecule has 0 atom stereocenters. The Morgan fingerprint density at radius 2 is 1.52 bits per heavy atom. The third-order valence-corrected chi connectivity index (χ3v) is 5.69. The Morgan fingerprint density at radius 3 is 2.22 bits per heavy atom. The molecule has 0 fully saturated rings. The quantitative estimate of drug-likeness (QED) is 0.549. The maximum absolute atomic E-state index is 2.50. The van der Waals surface area contributed by atoms with E-state index in [0.29, 0.717) is 0 Å². The minimum absolute atomic E-state index is 0.215. The molecule has 3 heterocycles. The molecular formula is C18H24BN4+. The van der Waals surface area contributed by atoms with Crippen molar-refractivity contribution >= 4 is 30.0 Å². The lowest BCUT2D eigenvalue weighted by Crippen LogP contribution is -2.53. The van der Waals surface area contributed by atoms with Gasteiger partial charge in [-0.2, -0.15) is 0 Å². The van der Waals surface area contributed by atoms with Crippen molar-refractivity contribution in [1.82, 2.24) is 0 Å². The lowest BCUT2D eigenvalue weighted by molar-refractivity contribution is -0.657. The predicted molar refractivity (Wildman–Crippen MR) is 97.7 cm³/mol. The number of anilines is 4. The molecule has 0 spiro atoms. The van der Waals surface area contributed by atoms with E-state index in [2.05, 4.69) is 86.2 Å². The number of rotatable bonds is 0. The van der Waals surface area contributed by atoms with E-state index in [1.807, 2.05) is 0 Å². The third-order valence-electron chi connectivity index (χ3n) is 5.69. The Kier molecular flexibility index (Phi) is 2.78. The third kappa shape index (κ3) is 1.60. The summed E-state index contributed by atoms with van der Waals surface area (Å²) in [5, 5.41) is 0. The molecule has 0 radical (unpaired) electrons. The van der Waals surface area contributed by atoms with E-state index in [1.54, 1.807) is 0 Å². The van der Waals surface area contributed by atoms with Gasteiger partial charge in [-0.25, -0.2) is 9.38 Å². The van der Waals surface area contributed by atoms with Crippen LogP contribution >= 0.6 is 0 Å². The van der Waals surface area contributed by atoms with Gasteiger partial charge >= 0.3 is 7.12 Å². The first-order valence-corrected chi connectivity index (χ1v) is 8.19. The fourth-order valence-electron chi connectivity index (χ4n) is 4.23. The average Bonchev–Trinajstić information content (AvgIpc) is 2.95. The monoisotopic (exact) mass is 307 g/mol. The lowest BCUT2D eigenvalue weighted by atomic mass is 9.89. The smallest absolute Gasteiger partial charge is 0.353 e. The summed E-state index contributed by atoms with van der Waals surface area (Å²) in [5.41, 5.74) is 9.43. The maximum atomic E-state index is 2.50. The van der Waals surface area contributed by atoms with E-state index >= 15 is 0 Å². The van der Waals surface area contributed by atoms with Gasteiger partial charge in [0.15, 0.2) is 0 Å². The first kappa shape index (κ1) is 14.4. The molecule has 5 heteroatoms. The van der Waals surface area contributed by atoms with Gasteiger partial charge in [0.1, 0.15) is 11.4 Å². The van der Waals surface area contributed by atoms with Gasteiger partial charge in [0.25, 0.3) is 5.82 Å². The molecule has 2 aromatic rings. The summed E-state index contributed by atoms with van der Waals surface area (Å²) in [5.74, 6) is 1.29. The minimum Gasteiger partial charge on any atom is -0.353 e. The highest BCUT2D eigenvalue weighted by Gasteiger charge is 2.59. The second kappa shape index (κ2) is 4.43. The minimum atomic E-state index is 0.215. The van der Waals surface area contributed by atoms with Crippen molar-refractivity contribution in [3.05, 3.63) is 40.6 Å². The predicted octanol–water partition coefficient (Wildman–Crippen LogP) is 2.77. The summed E-state index contributed by atoms with van der Waals surface area (Å²) < 4.78 is 2.28. The molecule has 0 saturated heterocycles. The average molecular weight is 307 g/mol. The van der Waals surface area contributed by atoms with Crippen LogP contribution in [0.25, 0.3) is 0 Å². The highest BCUT2D eigenvalue weighted by Crippen LogP contribution is 2.51. The van der Waals surface area contributed by atoms with Crippen molar-refractivity contribution in [2.24, 2.45) is 7.05 Å². The molecule has 0 amide bonds. The summed E-state index contributed by atoms with van der Waals surface area (Å²) in [6.07, 6.45) is 2.24. The summed E-state index contributed by atoms with van der Waals surface area (Å²) in [6, 6.07) is 4.48. The molecule has 2 aliphatic rings. The number of hydrogen-bond donors (Lipinski definition) is 0. The second-order valence-electron chi connectivity index (χ2n) is 7.03. The van der Waals surface area contributed by atoms with Crippen LogP contribution in [0.4, 0.5) is 22.9 Å². The zero-order chi connectivity index (χ0) is 16.6. The topological polar surface area (TPSA) is 13.6 Å². The molecule has 1 aromatic heterocycles. The van der Waals surface area contributed by atoms with E-state index in [1.165, 1.54) is 45.1 Å². The van der Waals surface area contributed by atoms with Crippen LogP contribution in [0, 0.1) is 27.7 Å². The van der Waals surface area contributed by atoms with Crippen LogP contribution in [0.3, 0.4) is 0 Å². The van der Waals surface area contributed by atoms with Crippen LogP contribution in [-0.4, -0.2) is 21.2 Å². The number of pyridine rings is 1. The molecule has 0 saturated carbocycles. The van der Waals surface area contributed by atoms with Gasteiger partial charge in [0.2, 0.25) is 0 Å². The van der Waals surface area contributed by atoms with Gasteiger partial charge in [0.05, 0.1) is 18.9 Å². The lowest BCUT2D eigenvalue weighted by Gasteiger charge is -2.21. The zero-order valence-corrected chi connectivity index (χ0v) is 15.1. The van der Waals surface area contributed by atoms with Gasteiger partial charge in [-0.3, -0.25) is 0 Å². The van der Waals surface area contributed by atoms with Crippen LogP contribution in [0.5, 0.6) is 0 Å². The molecule has 4 rings (SSSR count). The van der Waals surface area contributed by atoms with Gasteiger partial charge in [-0.05, 0) is 70.1 Å². The molecule has 0 N–H and O–H groups in total. The fourth-order valence-corrected chi connectivity index (χ4v) is 4.23. The molecule has 0 unspecified atom stereocenters. The van der Waals surface area contributed by atoms with Gasteiger partial charge in [-0.1, -0.05) is 6.07 Å². The molecule has 23 heavy (non-hydrogen) atoms. The van der Waals surface area contributed by atoms with E-state index in [0.717, 1.165) is 0 Å². The van der Waals surface area contributed by atoms with Crippen LogP contribution in [0.1, 0.15) is 22.3 Å². The molecule has 1 aromatic carbocycles. The van der Waals surface area contributed by atoms with E-state index in [-0.39, 0.29) is 7.12 Å². The maximum Gasteiger partial charge on any atom is 0.634 e. The van der Waals surface area contributed by atoms with Crippen molar-refractivity contribution < 1.29 is 4.57 Å². The highest BCUT2D eigenvalue weighted by atomic mass is 15.5. The molecule has 0 bridgehead atoms. The van der Waals surface area contributed by atoms with E-state index in [4.69, 9.17) is 0 Å². The van der Waals surface area contributed by atoms with Crippen LogP contribution in [0.15, 0.2) is 18.3 Å². The first-order valence-electron chi connectivity index (χ1n) is 8.19. The molecule has 0 aliphatic carbocycles. The molecular weight excluding hydrogens is 283 g/mol. The Labute approximate surface area is 139 Å². The van der Waals surface area contributed by atoms with Crippen molar-refractivity contribution in [3.63, 3.8) is 0 Å². The van der Waals surface area contributed by atoms with Crippen LogP contribution in [-0.2, 0) is 7.05 Å². The van der Waals surface area contributed by atoms with E-state index < -0.39 is 0 Å². The second-order valence-corrected chi connectivity index (χ2v) is 7.03. The van der Waals surface area contributed by atoms with Crippen LogP contribution < -0.4 is 19.0 Å². The number of fused-ring (bicyclic) bond motifs is 5. The standard InChI is InChI=1S/C18H24BN4/c1-11-8-9-15-16(13(11)3)23-18-17(22(7)19(23)21(15)6)14(4)12(2)10-20(18)5/h8-10H,1-7H3/q+1. The number of aromatic nitrogens is 1. The van der Waals surface area contributed by atoms with Crippen molar-refractivity contribution in [2.45, 2.75) is 27.7 Å². The fraction of sp³-hybridized carbons (Fsp3) is 0.389.